The van der Waals surface area contributed by atoms with Crippen LogP contribution in [0.4, 0.5) is 11.5 Å². The molecule has 0 saturated carbocycles. The zero-order chi connectivity index (χ0) is 15.9. The number of allylic oxidation sites excluding steroid dienone is 2. The maximum atomic E-state index is 4.87. The molecule has 2 N–H and O–H groups in total. The Balaban J connectivity index is 0.00000192. The van der Waals surface area contributed by atoms with Crippen molar-refractivity contribution in [3.63, 3.8) is 0 Å². The summed E-state index contributed by atoms with van der Waals surface area (Å²) in [4.78, 5) is 14.9. The lowest BCUT2D eigenvalue weighted by Crippen LogP contribution is -2.30. The van der Waals surface area contributed by atoms with E-state index in [1.807, 2.05) is 7.05 Å². The topological polar surface area (TPSA) is 62.2 Å². The second-order valence-corrected chi connectivity index (χ2v) is 7.87. The smallest absolute Gasteiger partial charge is 0.154 e. The van der Waals surface area contributed by atoms with Crippen molar-refractivity contribution < 1.29 is 0 Å². The van der Waals surface area contributed by atoms with Gasteiger partial charge in [-0.2, -0.15) is 0 Å². The van der Waals surface area contributed by atoms with Gasteiger partial charge in [0.15, 0.2) is 5.82 Å². The predicted molar refractivity (Wildman–Crippen MR) is 104 cm³/mol. The Labute approximate surface area is 152 Å². The van der Waals surface area contributed by atoms with Gasteiger partial charge in [-0.1, -0.05) is 25.6 Å². The largest absolute Gasteiger partial charge is 0.371 e. The molecule has 0 amide bonds. The van der Waals surface area contributed by atoms with Gasteiger partial charge >= 0.3 is 0 Å². The first kappa shape index (κ1) is 18.3. The van der Waals surface area contributed by atoms with E-state index in [4.69, 9.17) is 4.99 Å². The summed E-state index contributed by atoms with van der Waals surface area (Å²) in [7, 11) is 1.88. The zero-order valence-electron chi connectivity index (χ0n) is 14.2. The molecule has 0 atom stereocenters. The lowest BCUT2D eigenvalue weighted by Gasteiger charge is -2.37. The van der Waals surface area contributed by atoms with E-state index in [1.54, 1.807) is 18.1 Å². The van der Waals surface area contributed by atoms with Crippen LogP contribution in [0.25, 0.3) is 0 Å². The first-order valence-corrected chi connectivity index (χ1v) is 8.49. The van der Waals surface area contributed by atoms with Gasteiger partial charge in [0.1, 0.15) is 17.0 Å². The van der Waals surface area contributed by atoms with Crippen LogP contribution in [0.3, 0.4) is 0 Å². The van der Waals surface area contributed by atoms with Crippen molar-refractivity contribution in [1.29, 1.82) is 0 Å². The molecule has 126 valence electrons. The normalized spacial score (nSPS) is 20.5. The average molecular weight is 398 g/mol. The molecule has 1 aromatic heterocycles. The number of thioether (sulfide) groups is 1. The van der Waals surface area contributed by atoms with Gasteiger partial charge in [-0.15, -0.1) is 17.0 Å². The molecule has 1 aromatic rings. The molecule has 0 unspecified atom stereocenters. The van der Waals surface area contributed by atoms with Gasteiger partial charge in [-0.3, -0.25) is 4.99 Å². The van der Waals surface area contributed by atoms with Crippen LogP contribution in [0.15, 0.2) is 26.9 Å². The second-order valence-electron chi connectivity index (χ2n) is 6.87. The first-order valence-electron chi connectivity index (χ1n) is 7.67. The van der Waals surface area contributed by atoms with Gasteiger partial charge in [0, 0.05) is 18.8 Å². The number of fused-ring (bicyclic) bond motifs is 1. The molecule has 3 rings (SSSR count). The van der Waals surface area contributed by atoms with Crippen molar-refractivity contribution >= 4 is 46.0 Å². The molecule has 7 heteroatoms. The maximum Gasteiger partial charge on any atom is 0.154 e. The molecule has 0 spiro atoms. The van der Waals surface area contributed by atoms with Crippen molar-refractivity contribution in [3.8, 4) is 0 Å². The average Bonchev–Trinajstić information content (AvgIpc) is 2.43. The summed E-state index contributed by atoms with van der Waals surface area (Å²) in [5.74, 6) is 0.842. The SMILES string of the molecule is Br.CNc1ncnc2c1NC1=C(S2)C(=NC(C)C)CC(C)(C)C1. The number of nitrogens with zero attached hydrogens (tertiary/aromatic N) is 3. The van der Waals surface area contributed by atoms with Gasteiger partial charge in [-0.05, 0) is 32.1 Å². The highest BCUT2D eigenvalue weighted by atomic mass is 79.9. The third kappa shape index (κ3) is 3.71. The molecule has 0 bridgehead atoms. The summed E-state index contributed by atoms with van der Waals surface area (Å²) in [6.07, 6.45) is 3.64. The van der Waals surface area contributed by atoms with Crippen LogP contribution in [0.5, 0.6) is 0 Å². The fourth-order valence-corrected chi connectivity index (χ4v) is 4.00. The van der Waals surface area contributed by atoms with E-state index in [0.29, 0.717) is 6.04 Å². The van der Waals surface area contributed by atoms with E-state index in [2.05, 4.69) is 48.3 Å². The third-order valence-corrected chi connectivity index (χ3v) is 4.96. The van der Waals surface area contributed by atoms with Gasteiger partial charge in [0.25, 0.3) is 0 Å². The number of rotatable bonds is 2. The lowest BCUT2D eigenvalue weighted by atomic mass is 9.78. The van der Waals surface area contributed by atoms with Gasteiger partial charge in [0.2, 0.25) is 0 Å². The fraction of sp³-hybridized carbons (Fsp3) is 0.562. The predicted octanol–water partition coefficient (Wildman–Crippen LogP) is 4.49. The molecule has 0 saturated heterocycles. The molecule has 23 heavy (non-hydrogen) atoms. The Morgan fingerprint density at radius 1 is 1.30 bits per heavy atom. The van der Waals surface area contributed by atoms with E-state index < -0.39 is 0 Å². The van der Waals surface area contributed by atoms with Crippen molar-refractivity contribution in [2.45, 2.75) is 51.6 Å². The fourth-order valence-electron chi connectivity index (χ4n) is 2.96. The molecule has 2 aliphatic rings. The highest BCUT2D eigenvalue weighted by molar-refractivity contribution is 8.93. The second kappa shape index (κ2) is 6.81. The quantitative estimate of drug-likeness (QED) is 0.719. The summed E-state index contributed by atoms with van der Waals surface area (Å²) in [6.45, 7) is 8.86. The van der Waals surface area contributed by atoms with Crippen LogP contribution in [-0.4, -0.2) is 28.8 Å². The van der Waals surface area contributed by atoms with Gasteiger partial charge in [-0.25, -0.2) is 9.97 Å². The van der Waals surface area contributed by atoms with Crippen LogP contribution < -0.4 is 10.6 Å². The standard InChI is InChI=1S/C16H23N5S.BrH/c1-9(2)20-10-6-16(3,4)7-11-13(10)22-15-12(21-11)14(17-5)18-8-19-15;/h8-9,21H,6-7H2,1-5H3,(H,17,18,19);1H. The van der Waals surface area contributed by atoms with Crippen molar-refractivity contribution in [1.82, 2.24) is 9.97 Å². The minimum atomic E-state index is 0. The Kier molecular flexibility index (Phi) is 5.41. The summed E-state index contributed by atoms with van der Waals surface area (Å²) in [5.41, 5.74) is 3.65. The number of aromatic nitrogens is 2. The third-order valence-electron chi connectivity index (χ3n) is 3.78. The van der Waals surface area contributed by atoms with E-state index in [1.165, 1.54) is 16.3 Å². The van der Waals surface area contributed by atoms with E-state index in [-0.39, 0.29) is 22.4 Å². The summed E-state index contributed by atoms with van der Waals surface area (Å²) in [6, 6.07) is 0.304. The first-order chi connectivity index (χ1) is 10.4. The minimum absolute atomic E-state index is 0. The molecule has 1 aliphatic carbocycles. The number of halogens is 1. The summed E-state index contributed by atoms with van der Waals surface area (Å²) < 4.78 is 0. The molecule has 0 radical (unpaired) electrons. The number of hydrogen-bond acceptors (Lipinski definition) is 6. The van der Waals surface area contributed by atoms with Crippen LogP contribution in [0.2, 0.25) is 0 Å². The lowest BCUT2D eigenvalue weighted by molar-refractivity contribution is 0.372. The monoisotopic (exact) mass is 397 g/mol. The highest BCUT2D eigenvalue weighted by Crippen LogP contribution is 2.49. The van der Waals surface area contributed by atoms with Gasteiger partial charge in [0.05, 0.1) is 10.6 Å². The Morgan fingerprint density at radius 3 is 2.70 bits per heavy atom. The molecule has 0 aromatic carbocycles. The molecule has 0 fully saturated rings. The number of aliphatic imine (C=N–C) groups is 1. The van der Waals surface area contributed by atoms with E-state index in [9.17, 15) is 0 Å². The summed E-state index contributed by atoms with van der Waals surface area (Å²) >= 11 is 1.72. The molecule has 1 aliphatic heterocycles. The summed E-state index contributed by atoms with van der Waals surface area (Å²) in [5, 5.41) is 7.67. The number of nitrogens with one attached hydrogen (secondary N) is 2. The van der Waals surface area contributed by atoms with Crippen molar-refractivity contribution in [3.05, 3.63) is 16.9 Å². The minimum Gasteiger partial charge on any atom is -0.371 e. The van der Waals surface area contributed by atoms with Crippen LogP contribution in [0.1, 0.15) is 40.5 Å². The van der Waals surface area contributed by atoms with E-state index in [0.717, 1.165) is 29.4 Å². The number of hydrogen-bond donors (Lipinski definition) is 2. The van der Waals surface area contributed by atoms with Crippen molar-refractivity contribution in [2.24, 2.45) is 10.4 Å². The molecule has 2 heterocycles. The van der Waals surface area contributed by atoms with Crippen LogP contribution in [0, 0.1) is 5.41 Å². The molecular weight excluding hydrogens is 374 g/mol. The molecule has 5 nitrogen and oxygen atoms in total. The Morgan fingerprint density at radius 2 is 2.04 bits per heavy atom. The van der Waals surface area contributed by atoms with Crippen molar-refractivity contribution in [2.75, 3.05) is 17.7 Å². The van der Waals surface area contributed by atoms with Crippen LogP contribution >= 0.6 is 28.7 Å². The maximum absolute atomic E-state index is 4.87. The van der Waals surface area contributed by atoms with Gasteiger partial charge < -0.3 is 10.6 Å². The number of anilines is 2. The Bertz CT molecular complexity index is 666. The zero-order valence-corrected chi connectivity index (χ0v) is 16.8. The van der Waals surface area contributed by atoms with E-state index >= 15 is 0 Å². The molecular formula is C16H24BrN5S. The highest BCUT2D eigenvalue weighted by Gasteiger charge is 2.35. The van der Waals surface area contributed by atoms with Crippen LogP contribution in [-0.2, 0) is 0 Å². The Hall–Kier alpha value is -1.08.